The molecule has 2 rings (SSSR count). The van der Waals surface area contributed by atoms with Crippen molar-refractivity contribution in [3.05, 3.63) is 48.0 Å². The summed E-state index contributed by atoms with van der Waals surface area (Å²) in [6.07, 6.45) is -0.464. The van der Waals surface area contributed by atoms with Gasteiger partial charge in [-0.15, -0.1) is 0 Å². The maximum atomic E-state index is 12.9. The van der Waals surface area contributed by atoms with Gasteiger partial charge in [0.25, 0.3) is 0 Å². The molecule has 1 atom stereocenters. The van der Waals surface area contributed by atoms with Gasteiger partial charge in [0.2, 0.25) is 0 Å². The number of benzene rings is 1. The number of nitrogens with one attached hydrogen (secondary N) is 1. The molecule has 20 heavy (non-hydrogen) atoms. The summed E-state index contributed by atoms with van der Waals surface area (Å²) in [5.74, 6) is 1.22. The molecule has 3 nitrogen and oxygen atoms in total. The summed E-state index contributed by atoms with van der Waals surface area (Å²) in [5, 5.41) is 12.9. The molecule has 2 aromatic rings. The average molecular weight is 277 g/mol. The fourth-order valence-corrected chi connectivity index (χ4v) is 1.70. The van der Waals surface area contributed by atoms with E-state index in [2.05, 4.69) is 5.32 Å². The Bertz CT molecular complexity index is 558. The first-order chi connectivity index (χ1) is 9.38. The zero-order valence-corrected chi connectivity index (χ0v) is 12.0. The van der Waals surface area contributed by atoms with Crippen molar-refractivity contribution in [3.63, 3.8) is 0 Å². The van der Waals surface area contributed by atoms with Gasteiger partial charge in [-0.3, -0.25) is 0 Å². The van der Waals surface area contributed by atoms with Crippen LogP contribution in [0.1, 0.15) is 26.5 Å². The molecule has 4 heteroatoms. The lowest BCUT2D eigenvalue weighted by Crippen LogP contribution is -2.47. The second-order valence-corrected chi connectivity index (χ2v) is 5.52. The summed E-state index contributed by atoms with van der Waals surface area (Å²) in [7, 11) is 0. The van der Waals surface area contributed by atoms with Crippen LogP contribution in [0.4, 0.5) is 4.39 Å². The third-order valence-electron chi connectivity index (χ3n) is 3.55. The van der Waals surface area contributed by atoms with Crippen LogP contribution < -0.4 is 5.32 Å². The SMILES string of the molecule is CC(O)C(C)(C)NCc1ccc(-c2ccc(F)cc2)o1. The Labute approximate surface area is 118 Å². The molecule has 0 radical (unpaired) electrons. The lowest BCUT2D eigenvalue weighted by molar-refractivity contribution is 0.0943. The number of halogens is 1. The first-order valence-corrected chi connectivity index (χ1v) is 6.66. The summed E-state index contributed by atoms with van der Waals surface area (Å²) in [5.41, 5.74) is 0.454. The van der Waals surface area contributed by atoms with Crippen LogP contribution in [0.5, 0.6) is 0 Å². The van der Waals surface area contributed by atoms with Gasteiger partial charge >= 0.3 is 0 Å². The van der Waals surface area contributed by atoms with E-state index in [4.69, 9.17) is 4.42 Å². The molecule has 0 saturated heterocycles. The maximum absolute atomic E-state index is 12.9. The van der Waals surface area contributed by atoms with Gasteiger partial charge in [-0.2, -0.15) is 0 Å². The van der Waals surface area contributed by atoms with E-state index in [1.165, 1.54) is 12.1 Å². The van der Waals surface area contributed by atoms with Gasteiger partial charge in [-0.1, -0.05) is 0 Å². The molecule has 1 heterocycles. The number of furan rings is 1. The molecule has 0 saturated carbocycles. The fourth-order valence-electron chi connectivity index (χ4n) is 1.70. The Hall–Kier alpha value is -1.65. The third-order valence-corrected chi connectivity index (χ3v) is 3.55. The van der Waals surface area contributed by atoms with E-state index in [0.29, 0.717) is 12.3 Å². The molecule has 1 aromatic carbocycles. The van der Waals surface area contributed by atoms with Crippen LogP contribution in [0.2, 0.25) is 0 Å². The van der Waals surface area contributed by atoms with Gasteiger partial charge in [-0.05, 0) is 57.2 Å². The van der Waals surface area contributed by atoms with Crippen LogP contribution in [0.25, 0.3) is 11.3 Å². The molecule has 108 valence electrons. The van der Waals surface area contributed by atoms with Gasteiger partial charge in [0.1, 0.15) is 17.3 Å². The van der Waals surface area contributed by atoms with E-state index in [1.807, 2.05) is 26.0 Å². The monoisotopic (exact) mass is 277 g/mol. The molecule has 0 bridgehead atoms. The minimum Gasteiger partial charge on any atom is -0.460 e. The number of hydrogen-bond acceptors (Lipinski definition) is 3. The largest absolute Gasteiger partial charge is 0.460 e. The average Bonchev–Trinajstić information content (AvgIpc) is 2.86. The quantitative estimate of drug-likeness (QED) is 0.881. The molecule has 0 fully saturated rings. The van der Waals surface area contributed by atoms with E-state index < -0.39 is 6.10 Å². The minimum atomic E-state index is -0.464. The zero-order valence-electron chi connectivity index (χ0n) is 12.0. The minimum absolute atomic E-state index is 0.263. The van der Waals surface area contributed by atoms with Crippen molar-refractivity contribution in [2.75, 3.05) is 0 Å². The summed E-state index contributed by atoms with van der Waals surface area (Å²) >= 11 is 0. The van der Waals surface area contributed by atoms with E-state index in [1.54, 1.807) is 19.1 Å². The zero-order chi connectivity index (χ0) is 14.8. The molecule has 0 aliphatic heterocycles. The van der Waals surface area contributed by atoms with Gasteiger partial charge in [0.05, 0.1) is 12.6 Å². The Kier molecular flexibility index (Phi) is 4.26. The summed E-state index contributed by atoms with van der Waals surface area (Å²) in [4.78, 5) is 0. The van der Waals surface area contributed by atoms with Crippen LogP contribution in [0, 0.1) is 5.82 Å². The molecule has 1 aromatic heterocycles. The fraction of sp³-hybridized carbons (Fsp3) is 0.375. The smallest absolute Gasteiger partial charge is 0.134 e. The van der Waals surface area contributed by atoms with Crippen molar-refractivity contribution in [3.8, 4) is 11.3 Å². The molecule has 0 spiro atoms. The van der Waals surface area contributed by atoms with Gasteiger partial charge in [0.15, 0.2) is 0 Å². The van der Waals surface area contributed by atoms with Crippen molar-refractivity contribution in [1.29, 1.82) is 0 Å². The lowest BCUT2D eigenvalue weighted by Gasteiger charge is -2.29. The van der Waals surface area contributed by atoms with E-state index in [0.717, 1.165) is 11.3 Å². The molecule has 0 amide bonds. The van der Waals surface area contributed by atoms with E-state index in [-0.39, 0.29) is 11.4 Å². The van der Waals surface area contributed by atoms with Gasteiger partial charge in [-0.25, -0.2) is 4.39 Å². The molecular formula is C16H20FNO2. The van der Waals surface area contributed by atoms with Crippen molar-refractivity contribution in [1.82, 2.24) is 5.32 Å². The van der Waals surface area contributed by atoms with E-state index >= 15 is 0 Å². The third kappa shape index (κ3) is 3.46. The first kappa shape index (κ1) is 14.8. The predicted molar refractivity (Wildman–Crippen MR) is 76.7 cm³/mol. The first-order valence-electron chi connectivity index (χ1n) is 6.66. The second-order valence-electron chi connectivity index (χ2n) is 5.52. The maximum Gasteiger partial charge on any atom is 0.134 e. The number of rotatable bonds is 5. The number of aliphatic hydroxyl groups is 1. The van der Waals surface area contributed by atoms with Gasteiger partial charge in [0, 0.05) is 11.1 Å². The van der Waals surface area contributed by atoms with Crippen LogP contribution in [-0.4, -0.2) is 16.7 Å². The molecule has 0 aliphatic carbocycles. The van der Waals surface area contributed by atoms with Crippen LogP contribution in [-0.2, 0) is 6.54 Å². The van der Waals surface area contributed by atoms with E-state index in [9.17, 15) is 9.50 Å². The molecule has 0 aliphatic rings. The van der Waals surface area contributed by atoms with Crippen molar-refractivity contribution < 1.29 is 13.9 Å². The molecular weight excluding hydrogens is 257 g/mol. The van der Waals surface area contributed by atoms with Crippen LogP contribution in [0.3, 0.4) is 0 Å². The van der Waals surface area contributed by atoms with Crippen molar-refractivity contribution in [2.45, 2.75) is 39.0 Å². The second kappa shape index (κ2) is 5.77. The lowest BCUT2D eigenvalue weighted by atomic mass is 9.99. The Balaban J connectivity index is 2.04. The summed E-state index contributed by atoms with van der Waals surface area (Å²) in [6.45, 7) is 6.14. The summed E-state index contributed by atoms with van der Waals surface area (Å²) < 4.78 is 18.6. The Morgan fingerprint density at radius 3 is 2.45 bits per heavy atom. The topological polar surface area (TPSA) is 45.4 Å². The highest BCUT2D eigenvalue weighted by Gasteiger charge is 2.23. The van der Waals surface area contributed by atoms with Crippen molar-refractivity contribution in [2.24, 2.45) is 0 Å². The Morgan fingerprint density at radius 1 is 1.20 bits per heavy atom. The Morgan fingerprint density at radius 2 is 1.85 bits per heavy atom. The number of hydrogen-bond donors (Lipinski definition) is 2. The highest BCUT2D eigenvalue weighted by atomic mass is 19.1. The number of aliphatic hydroxyl groups excluding tert-OH is 1. The molecule has 2 N–H and O–H groups in total. The standard InChI is InChI=1S/C16H20FNO2/c1-11(19)16(2,3)18-10-14-8-9-15(20-14)12-4-6-13(17)7-5-12/h4-9,11,18-19H,10H2,1-3H3. The predicted octanol–water partition coefficient (Wildman–Crippen LogP) is 3.33. The van der Waals surface area contributed by atoms with Crippen LogP contribution >= 0.6 is 0 Å². The van der Waals surface area contributed by atoms with Gasteiger partial charge < -0.3 is 14.8 Å². The molecule has 1 unspecified atom stereocenters. The van der Waals surface area contributed by atoms with Crippen molar-refractivity contribution >= 4 is 0 Å². The normalized spacial score (nSPS) is 13.4. The highest BCUT2D eigenvalue weighted by molar-refractivity contribution is 5.57. The summed E-state index contributed by atoms with van der Waals surface area (Å²) in [6, 6.07) is 9.93. The van der Waals surface area contributed by atoms with Crippen LogP contribution in [0.15, 0.2) is 40.8 Å². The highest BCUT2D eigenvalue weighted by Crippen LogP contribution is 2.22.